The number of nitrogens with zero attached hydrogens (tertiary/aromatic N) is 3. The van der Waals surface area contributed by atoms with Crippen LogP contribution in [0.4, 0.5) is 23.4 Å². The minimum Gasteiger partial charge on any atom is -0.361 e. The van der Waals surface area contributed by atoms with Crippen molar-refractivity contribution in [2.24, 2.45) is 7.05 Å². The molecule has 13 heteroatoms. The van der Waals surface area contributed by atoms with Crippen LogP contribution in [0.25, 0.3) is 10.8 Å². The Morgan fingerprint density at radius 2 is 1.80 bits per heavy atom. The minimum atomic E-state index is -4.87. The Balaban J connectivity index is 1.79. The molecule has 3 heterocycles. The van der Waals surface area contributed by atoms with E-state index >= 15 is 0 Å². The van der Waals surface area contributed by atoms with Gasteiger partial charge in [-0.1, -0.05) is 12.1 Å². The van der Waals surface area contributed by atoms with Crippen LogP contribution >= 0.6 is 0 Å². The fraction of sp³-hybridized carbons (Fsp3) is 0.409. The lowest BCUT2D eigenvalue weighted by molar-refractivity contribution is -0.140. The molecule has 0 saturated carbocycles. The maximum Gasteiger partial charge on any atom is 0.419 e. The third-order valence-electron chi connectivity index (χ3n) is 6.18. The molecule has 1 N–H and O–H groups in total. The monoisotopic (exact) mass is 514 g/mol. The molecule has 1 aromatic carbocycles. The van der Waals surface area contributed by atoms with Crippen molar-refractivity contribution in [3.63, 3.8) is 0 Å². The summed E-state index contributed by atoms with van der Waals surface area (Å²) in [4.78, 5) is 25.4. The molecule has 1 aliphatic heterocycles. The van der Waals surface area contributed by atoms with Crippen molar-refractivity contribution >= 4 is 26.4 Å². The predicted octanol–water partition coefficient (Wildman–Crippen LogP) is 3.18. The number of hydrogen-bond acceptors (Lipinski definition) is 6. The number of pyridine rings is 1. The van der Waals surface area contributed by atoms with Gasteiger partial charge in [-0.2, -0.15) is 18.3 Å². The molecule has 0 bridgehead atoms. The van der Waals surface area contributed by atoms with Crippen molar-refractivity contribution < 1.29 is 26.0 Å². The number of sulfone groups is 1. The highest BCUT2D eigenvalue weighted by atomic mass is 32.2. The van der Waals surface area contributed by atoms with Gasteiger partial charge in [0.25, 0.3) is 11.1 Å². The van der Waals surface area contributed by atoms with Gasteiger partial charge in [0, 0.05) is 36.3 Å². The van der Waals surface area contributed by atoms with Gasteiger partial charge in [-0.3, -0.25) is 9.59 Å². The van der Waals surface area contributed by atoms with Gasteiger partial charge in [0.05, 0.1) is 28.5 Å². The van der Waals surface area contributed by atoms with E-state index in [1.54, 1.807) is 0 Å². The van der Waals surface area contributed by atoms with Crippen LogP contribution in [0, 0.1) is 5.82 Å². The molecule has 3 aromatic rings. The number of nitrogens with one attached hydrogen (secondary N) is 1. The summed E-state index contributed by atoms with van der Waals surface area (Å²) in [6.07, 6.45) is -3.03. The number of hydrogen-bond donors (Lipinski definition) is 1. The van der Waals surface area contributed by atoms with E-state index in [9.17, 15) is 35.6 Å². The van der Waals surface area contributed by atoms with Crippen LogP contribution < -0.4 is 16.4 Å². The van der Waals surface area contributed by atoms with E-state index in [-0.39, 0.29) is 46.5 Å². The van der Waals surface area contributed by atoms with Crippen LogP contribution in [0.5, 0.6) is 0 Å². The van der Waals surface area contributed by atoms with E-state index in [1.165, 1.54) is 30.8 Å². The van der Waals surface area contributed by atoms with Gasteiger partial charge >= 0.3 is 6.18 Å². The summed E-state index contributed by atoms with van der Waals surface area (Å²) in [5, 5.41) is 7.23. The molecule has 1 saturated heterocycles. The lowest BCUT2D eigenvalue weighted by Crippen LogP contribution is -2.32. The molecule has 2 aromatic heterocycles. The first-order valence-electron chi connectivity index (χ1n) is 10.7. The fourth-order valence-corrected chi connectivity index (χ4v) is 5.74. The molecule has 0 spiro atoms. The molecule has 0 radical (unpaired) electrons. The molecule has 1 fully saturated rings. The molecule has 8 nitrogen and oxygen atoms in total. The Kier molecular flexibility index (Phi) is 6.24. The molecule has 1 aliphatic rings. The minimum absolute atomic E-state index is 0.0198. The van der Waals surface area contributed by atoms with Crippen molar-refractivity contribution in [3.8, 4) is 0 Å². The van der Waals surface area contributed by atoms with Crippen molar-refractivity contribution in [2.75, 3.05) is 16.8 Å². The molecule has 0 aliphatic carbocycles. The summed E-state index contributed by atoms with van der Waals surface area (Å²) in [6.45, 7) is 1.44. The van der Waals surface area contributed by atoms with Gasteiger partial charge < -0.3 is 9.88 Å². The van der Waals surface area contributed by atoms with Gasteiger partial charge in [-0.05, 0) is 25.8 Å². The zero-order valence-electron chi connectivity index (χ0n) is 18.8. The lowest BCUT2D eigenvalue weighted by atomic mass is 10.0. The summed E-state index contributed by atoms with van der Waals surface area (Å²) in [5.74, 6) is -1.51. The number of aryl methyl sites for hydroxylation is 1. The molecule has 0 amide bonds. The van der Waals surface area contributed by atoms with Gasteiger partial charge in [0.15, 0.2) is 5.82 Å². The third-order valence-corrected chi connectivity index (χ3v) is 7.90. The van der Waals surface area contributed by atoms with Crippen molar-refractivity contribution in [1.29, 1.82) is 0 Å². The Bertz CT molecular complexity index is 1520. The summed E-state index contributed by atoms with van der Waals surface area (Å²) in [7, 11) is -1.83. The van der Waals surface area contributed by atoms with Crippen LogP contribution in [-0.4, -0.2) is 34.3 Å². The topological polar surface area (TPSA) is 103 Å². The van der Waals surface area contributed by atoms with Crippen LogP contribution in [0.1, 0.15) is 43.0 Å². The average molecular weight is 515 g/mol. The van der Waals surface area contributed by atoms with E-state index in [1.807, 2.05) is 0 Å². The molecular weight excluding hydrogens is 492 g/mol. The van der Waals surface area contributed by atoms with Gasteiger partial charge in [0.2, 0.25) is 0 Å². The summed E-state index contributed by atoms with van der Waals surface area (Å²) in [6, 6.07) is 2.69. The predicted molar refractivity (Wildman–Crippen MR) is 122 cm³/mol. The highest BCUT2D eigenvalue weighted by Crippen LogP contribution is 2.35. The largest absolute Gasteiger partial charge is 0.419 e. The van der Waals surface area contributed by atoms with Crippen molar-refractivity contribution in [1.82, 2.24) is 14.3 Å². The highest BCUT2D eigenvalue weighted by Gasteiger charge is 2.35. The van der Waals surface area contributed by atoms with E-state index in [0.717, 1.165) is 16.8 Å². The third kappa shape index (κ3) is 4.81. The van der Waals surface area contributed by atoms with Crippen LogP contribution in [0.3, 0.4) is 0 Å². The lowest BCUT2D eigenvalue weighted by Gasteiger charge is -2.25. The highest BCUT2D eigenvalue weighted by molar-refractivity contribution is 7.91. The number of alkyl halides is 3. The standard InChI is InChI=1S/C22H22F4N4O4S/c1-12(14-4-3-5-17(19(14)23)22(24,25)26)27-20-16-11-30(13-6-8-35(33,34)9-7-13)18(31)10-15(16)21(32)29(2)28-20/h3-5,10-13H,6-9H2,1-2H3,(H,27,28)/t12-/m1/s1. The number of aromatic nitrogens is 3. The Hall–Kier alpha value is -3.22. The molecule has 188 valence electrons. The number of anilines is 1. The van der Waals surface area contributed by atoms with E-state index in [2.05, 4.69) is 10.4 Å². The smallest absolute Gasteiger partial charge is 0.361 e. The van der Waals surface area contributed by atoms with Crippen molar-refractivity contribution in [2.45, 2.75) is 38.0 Å². The Morgan fingerprint density at radius 1 is 1.14 bits per heavy atom. The van der Waals surface area contributed by atoms with Crippen LogP contribution in [-0.2, 0) is 23.1 Å². The second-order valence-corrected chi connectivity index (χ2v) is 10.9. The quantitative estimate of drug-likeness (QED) is 0.537. The second-order valence-electron chi connectivity index (χ2n) is 8.58. The molecule has 4 rings (SSSR count). The first kappa shape index (κ1) is 24.9. The second kappa shape index (κ2) is 8.77. The molecular formula is C22H22F4N4O4S. The van der Waals surface area contributed by atoms with Crippen LogP contribution in [0.2, 0.25) is 0 Å². The maximum absolute atomic E-state index is 14.7. The van der Waals surface area contributed by atoms with E-state index in [4.69, 9.17) is 0 Å². The van der Waals surface area contributed by atoms with Gasteiger partial charge in [-0.25, -0.2) is 17.5 Å². The van der Waals surface area contributed by atoms with Gasteiger partial charge in [-0.15, -0.1) is 0 Å². The molecule has 0 unspecified atom stereocenters. The normalized spacial score (nSPS) is 17.4. The SMILES string of the molecule is C[C@@H](Nc1nn(C)c(=O)c2cc(=O)n(C3CCS(=O)(=O)CC3)cc12)c1cccc(C(F)(F)F)c1F. The molecule has 1 atom stereocenters. The number of rotatable bonds is 4. The summed E-state index contributed by atoms with van der Waals surface area (Å²) < 4.78 is 80.0. The maximum atomic E-state index is 14.7. The zero-order valence-corrected chi connectivity index (χ0v) is 19.6. The first-order valence-corrected chi connectivity index (χ1v) is 12.6. The number of fused-ring (bicyclic) bond motifs is 1. The van der Waals surface area contributed by atoms with Crippen LogP contribution in [0.15, 0.2) is 40.1 Å². The first-order chi connectivity index (χ1) is 16.3. The average Bonchev–Trinajstić information content (AvgIpc) is 2.76. The zero-order chi connectivity index (χ0) is 25.7. The summed E-state index contributed by atoms with van der Waals surface area (Å²) >= 11 is 0. The number of halogens is 4. The Labute approximate surface area is 197 Å². The number of benzene rings is 1. The van der Waals surface area contributed by atoms with E-state index in [0.29, 0.717) is 6.07 Å². The van der Waals surface area contributed by atoms with Crippen molar-refractivity contribution in [3.05, 3.63) is 68.1 Å². The summed E-state index contributed by atoms with van der Waals surface area (Å²) in [5.41, 5.74) is -2.72. The van der Waals surface area contributed by atoms with E-state index < -0.39 is 50.6 Å². The Morgan fingerprint density at radius 3 is 2.43 bits per heavy atom. The fourth-order valence-electron chi connectivity index (χ4n) is 4.27. The molecule has 35 heavy (non-hydrogen) atoms. The van der Waals surface area contributed by atoms with Gasteiger partial charge in [0.1, 0.15) is 15.7 Å².